The van der Waals surface area contributed by atoms with Gasteiger partial charge >= 0.3 is 5.97 Å². The molecule has 0 bridgehead atoms. The molecular formula is C20H21FN2O7. The van der Waals surface area contributed by atoms with Crippen molar-refractivity contribution in [1.29, 1.82) is 0 Å². The van der Waals surface area contributed by atoms with Crippen molar-refractivity contribution >= 4 is 17.8 Å². The second-order valence-corrected chi connectivity index (χ2v) is 5.85. The van der Waals surface area contributed by atoms with E-state index in [2.05, 4.69) is 0 Å². The van der Waals surface area contributed by atoms with Crippen LogP contribution in [0.5, 0.6) is 17.2 Å². The van der Waals surface area contributed by atoms with Crippen LogP contribution in [0.3, 0.4) is 0 Å². The van der Waals surface area contributed by atoms with Crippen LogP contribution in [0.15, 0.2) is 36.4 Å². The molecule has 0 fully saturated rings. The maximum absolute atomic E-state index is 13.5. The number of rotatable bonds is 8. The van der Waals surface area contributed by atoms with Crippen molar-refractivity contribution < 1.29 is 37.7 Å². The number of ether oxygens (including phenoxy) is 4. The molecule has 0 heterocycles. The van der Waals surface area contributed by atoms with Gasteiger partial charge in [0.25, 0.3) is 11.8 Å². The predicted molar refractivity (Wildman–Crippen MR) is 103 cm³/mol. The van der Waals surface area contributed by atoms with Crippen molar-refractivity contribution in [1.82, 2.24) is 10.9 Å². The van der Waals surface area contributed by atoms with Gasteiger partial charge in [-0.1, -0.05) is 12.1 Å². The summed E-state index contributed by atoms with van der Waals surface area (Å²) in [4.78, 5) is 35.6. The highest BCUT2D eigenvalue weighted by Crippen LogP contribution is 2.38. The lowest BCUT2D eigenvalue weighted by Crippen LogP contribution is -2.43. The van der Waals surface area contributed by atoms with Crippen LogP contribution < -0.4 is 25.1 Å². The Morgan fingerprint density at radius 3 is 2.13 bits per heavy atom. The summed E-state index contributed by atoms with van der Waals surface area (Å²) in [5.74, 6) is -1.95. The van der Waals surface area contributed by atoms with E-state index in [1.54, 1.807) is 12.1 Å². The summed E-state index contributed by atoms with van der Waals surface area (Å²) in [6.45, 7) is -0.638. The summed E-state index contributed by atoms with van der Waals surface area (Å²) < 4.78 is 34.0. The van der Waals surface area contributed by atoms with E-state index in [-0.39, 0.29) is 12.0 Å². The zero-order valence-corrected chi connectivity index (χ0v) is 16.6. The van der Waals surface area contributed by atoms with Crippen LogP contribution >= 0.6 is 0 Å². The quantitative estimate of drug-likeness (QED) is 0.490. The van der Waals surface area contributed by atoms with Gasteiger partial charge in [0.2, 0.25) is 5.75 Å². The first-order valence-electron chi connectivity index (χ1n) is 8.67. The topological polar surface area (TPSA) is 112 Å². The van der Waals surface area contributed by atoms with Gasteiger partial charge in [-0.25, -0.2) is 4.39 Å². The summed E-state index contributed by atoms with van der Waals surface area (Å²) in [7, 11) is 4.34. The molecule has 2 rings (SSSR count). The monoisotopic (exact) mass is 420 g/mol. The lowest BCUT2D eigenvalue weighted by atomic mass is 10.1. The molecule has 2 N–H and O–H groups in total. The summed E-state index contributed by atoms with van der Waals surface area (Å²) in [5, 5.41) is 0. The van der Waals surface area contributed by atoms with E-state index in [1.807, 2.05) is 10.9 Å². The molecule has 0 atom stereocenters. The van der Waals surface area contributed by atoms with Crippen LogP contribution in [-0.2, 0) is 20.7 Å². The fraction of sp³-hybridized carbons (Fsp3) is 0.250. The van der Waals surface area contributed by atoms with E-state index < -0.39 is 30.2 Å². The van der Waals surface area contributed by atoms with Crippen LogP contribution in [0.25, 0.3) is 0 Å². The summed E-state index contributed by atoms with van der Waals surface area (Å²) in [6, 6.07) is 8.44. The number of hydrogen-bond donors (Lipinski definition) is 2. The van der Waals surface area contributed by atoms with Gasteiger partial charge in [0.15, 0.2) is 18.1 Å². The number of halogens is 1. The third kappa shape index (κ3) is 5.84. The molecule has 10 heteroatoms. The van der Waals surface area contributed by atoms with Crippen molar-refractivity contribution in [2.45, 2.75) is 6.42 Å². The average molecular weight is 420 g/mol. The molecule has 0 spiro atoms. The minimum Gasteiger partial charge on any atom is -0.493 e. The molecule has 0 saturated heterocycles. The zero-order valence-electron chi connectivity index (χ0n) is 16.6. The average Bonchev–Trinajstić information content (AvgIpc) is 2.75. The van der Waals surface area contributed by atoms with Gasteiger partial charge in [-0.15, -0.1) is 0 Å². The standard InChI is InChI=1S/C20H21FN2O7/c1-27-15-8-12(9-16(28-2)19(15)29-3)10-18(25)30-11-17(24)22-23-20(26)13-6-4-5-7-14(13)21/h4-9H,10-11H2,1-3H3,(H,22,24)(H,23,26). The third-order valence-electron chi connectivity index (χ3n) is 3.87. The molecule has 30 heavy (non-hydrogen) atoms. The second kappa shape index (κ2) is 10.6. The normalized spacial score (nSPS) is 10.0. The van der Waals surface area contributed by atoms with E-state index in [1.165, 1.54) is 39.5 Å². The van der Waals surface area contributed by atoms with Crippen LogP contribution in [0.2, 0.25) is 0 Å². The fourth-order valence-corrected chi connectivity index (χ4v) is 2.48. The van der Waals surface area contributed by atoms with Crippen molar-refractivity contribution in [3.05, 3.63) is 53.3 Å². The molecule has 0 saturated carbocycles. The number of nitrogens with one attached hydrogen (secondary N) is 2. The Labute approximate surface area is 172 Å². The van der Waals surface area contributed by atoms with Crippen molar-refractivity contribution in [3.63, 3.8) is 0 Å². The lowest BCUT2D eigenvalue weighted by Gasteiger charge is -2.14. The first kappa shape index (κ1) is 22.5. The Morgan fingerprint density at radius 1 is 0.933 bits per heavy atom. The number of hydrazine groups is 1. The number of benzene rings is 2. The van der Waals surface area contributed by atoms with Crippen LogP contribution in [0.1, 0.15) is 15.9 Å². The highest BCUT2D eigenvalue weighted by molar-refractivity contribution is 5.95. The van der Waals surface area contributed by atoms with Gasteiger partial charge in [-0.05, 0) is 29.8 Å². The van der Waals surface area contributed by atoms with Crippen molar-refractivity contribution in [2.24, 2.45) is 0 Å². The summed E-state index contributed by atoms with van der Waals surface area (Å²) in [6.07, 6.45) is -0.161. The minimum atomic E-state index is -0.842. The lowest BCUT2D eigenvalue weighted by molar-refractivity contribution is -0.148. The number of esters is 1. The Bertz CT molecular complexity index is 908. The first-order valence-corrected chi connectivity index (χ1v) is 8.67. The van der Waals surface area contributed by atoms with Crippen molar-refractivity contribution in [2.75, 3.05) is 27.9 Å². The number of carbonyl (C=O) groups excluding carboxylic acids is 3. The molecule has 0 aliphatic carbocycles. The van der Waals surface area contributed by atoms with Crippen LogP contribution in [-0.4, -0.2) is 45.7 Å². The molecular weight excluding hydrogens is 399 g/mol. The minimum absolute atomic E-state index is 0.161. The number of methoxy groups -OCH3 is 3. The molecule has 0 aliphatic heterocycles. The maximum Gasteiger partial charge on any atom is 0.310 e. The van der Waals surface area contributed by atoms with E-state index >= 15 is 0 Å². The molecule has 0 unspecified atom stereocenters. The van der Waals surface area contributed by atoms with E-state index in [4.69, 9.17) is 18.9 Å². The first-order chi connectivity index (χ1) is 14.4. The fourth-order valence-electron chi connectivity index (χ4n) is 2.48. The SMILES string of the molecule is COc1cc(CC(=O)OCC(=O)NNC(=O)c2ccccc2F)cc(OC)c1OC. The Morgan fingerprint density at radius 2 is 1.57 bits per heavy atom. The van der Waals surface area contributed by atoms with Crippen LogP contribution in [0.4, 0.5) is 4.39 Å². The number of carbonyl (C=O) groups is 3. The number of amides is 2. The van der Waals surface area contributed by atoms with Gasteiger partial charge in [-0.2, -0.15) is 0 Å². The smallest absolute Gasteiger partial charge is 0.310 e. The summed E-state index contributed by atoms with van der Waals surface area (Å²) in [5.41, 5.74) is 4.36. The molecule has 0 radical (unpaired) electrons. The highest BCUT2D eigenvalue weighted by atomic mass is 19.1. The van der Waals surface area contributed by atoms with E-state index in [0.717, 1.165) is 6.07 Å². The maximum atomic E-state index is 13.5. The molecule has 160 valence electrons. The van der Waals surface area contributed by atoms with Crippen LogP contribution in [0, 0.1) is 5.82 Å². The van der Waals surface area contributed by atoms with Gasteiger partial charge in [0.1, 0.15) is 5.82 Å². The molecule has 9 nitrogen and oxygen atoms in total. The second-order valence-electron chi connectivity index (χ2n) is 5.85. The third-order valence-corrected chi connectivity index (χ3v) is 3.87. The van der Waals surface area contributed by atoms with Gasteiger partial charge < -0.3 is 18.9 Å². The number of hydrogen-bond acceptors (Lipinski definition) is 7. The van der Waals surface area contributed by atoms with E-state index in [9.17, 15) is 18.8 Å². The Balaban J connectivity index is 1.86. The molecule has 2 amide bonds. The Hall–Kier alpha value is -3.82. The highest BCUT2D eigenvalue weighted by Gasteiger charge is 2.16. The molecule has 2 aromatic rings. The van der Waals surface area contributed by atoms with Gasteiger partial charge in [0, 0.05) is 0 Å². The molecule has 0 aromatic heterocycles. The summed E-state index contributed by atoms with van der Waals surface area (Å²) >= 11 is 0. The Kier molecular flexibility index (Phi) is 7.98. The largest absolute Gasteiger partial charge is 0.493 e. The van der Waals surface area contributed by atoms with Gasteiger partial charge in [0.05, 0.1) is 33.3 Å². The van der Waals surface area contributed by atoms with Gasteiger partial charge in [-0.3, -0.25) is 25.2 Å². The van der Waals surface area contributed by atoms with Crippen molar-refractivity contribution in [3.8, 4) is 17.2 Å². The molecule has 2 aromatic carbocycles. The zero-order chi connectivity index (χ0) is 22.1. The molecule has 0 aliphatic rings. The predicted octanol–water partition coefficient (Wildman–Crippen LogP) is 1.40. The van der Waals surface area contributed by atoms with E-state index in [0.29, 0.717) is 22.8 Å².